The molecule has 262 valence electrons. The second kappa shape index (κ2) is 15.4. The zero-order valence-corrected chi connectivity index (χ0v) is 32.8. The van der Waals surface area contributed by atoms with Crippen LogP contribution in [0.15, 0.2) is 97.2 Å². The average Bonchev–Trinajstić information content (AvgIpc) is 3.65. The molecule has 0 aliphatic heterocycles. The molecule has 7 aromatic rings. The number of pyridine rings is 1. The third-order valence-electron chi connectivity index (χ3n) is 9.47. The summed E-state index contributed by atoms with van der Waals surface area (Å²) < 4.78 is 10.8. The van der Waals surface area contributed by atoms with Gasteiger partial charge in [0.1, 0.15) is 5.82 Å². The molecule has 6 heteroatoms. The number of fused-ring (bicyclic) bond motifs is 3. The number of nitrogens with zero attached hydrogens (tertiary/aromatic N) is 4. The molecular weight excluding hydrogens is 808 g/mol. The molecule has 7 rings (SSSR count). The number of ether oxygens (including phenoxy) is 1. The van der Waals surface area contributed by atoms with Crippen LogP contribution in [0.1, 0.15) is 76.4 Å². The normalized spacial score (nSPS) is 11.6. The van der Waals surface area contributed by atoms with E-state index in [4.69, 9.17) is 14.8 Å². The van der Waals surface area contributed by atoms with Gasteiger partial charge in [-0.25, -0.2) is 4.98 Å². The Morgan fingerprint density at radius 2 is 1.59 bits per heavy atom. The number of aromatic nitrogens is 4. The predicted molar refractivity (Wildman–Crippen MR) is 206 cm³/mol. The minimum atomic E-state index is 0. The Hall–Kier alpha value is -4.47. The Morgan fingerprint density at radius 1 is 0.784 bits per heavy atom. The fourth-order valence-corrected chi connectivity index (χ4v) is 7.00. The summed E-state index contributed by atoms with van der Waals surface area (Å²) in [5.74, 6) is 2.11. The average molecular weight is 854 g/mol. The number of aryl methyl sites for hydroxylation is 3. The first-order valence-corrected chi connectivity index (χ1v) is 18.0. The van der Waals surface area contributed by atoms with Gasteiger partial charge in [0.2, 0.25) is 0 Å². The summed E-state index contributed by atoms with van der Waals surface area (Å²) in [5.41, 5.74) is 10.4. The van der Waals surface area contributed by atoms with Crippen LogP contribution in [0, 0.1) is 24.5 Å². The first-order valence-electron chi connectivity index (χ1n) is 18.0. The van der Waals surface area contributed by atoms with Crippen LogP contribution < -0.4 is 4.74 Å². The molecular formula is C45H46N4OPt. The number of hydrogen-bond donors (Lipinski definition) is 0. The summed E-state index contributed by atoms with van der Waals surface area (Å²) in [6.07, 6.45) is 8.29. The number of unbranched alkanes of at least 4 members (excludes halogenated alkanes) is 1. The molecule has 0 saturated heterocycles. The van der Waals surface area contributed by atoms with Gasteiger partial charge in [0.05, 0.1) is 5.69 Å². The second-order valence-electron chi connectivity index (χ2n) is 14.5. The van der Waals surface area contributed by atoms with E-state index < -0.39 is 0 Å². The number of rotatable bonds is 11. The minimum absolute atomic E-state index is 0. The van der Waals surface area contributed by atoms with Crippen LogP contribution in [0.3, 0.4) is 0 Å². The summed E-state index contributed by atoms with van der Waals surface area (Å²) in [7, 11) is 0. The molecule has 5 nitrogen and oxygen atoms in total. The largest absolute Gasteiger partial charge is 2.00 e. The van der Waals surface area contributed by atoms with Crippen molar-refractivity contribution in [1.29, 1.82) is 0 Å². The molecule has 0 aliphatic rings. The van der Waals surface area contributed by atoms with E-state index in [0.29, 0.717) is 16.9 Å². The van der Waals surface area contributed by atoms with Gasteiger partial charge in [-0.15, -0.1) is 35.7 Å². The smallest absolute Gasteiger partial charge is 0.509 e. The first-order chi connectivity index (χ1) is 24.2. The zero-order valence-electron chi connectivity index (χ0n) is 30.5. The van der Waals surface area contributed by atoms with Crippen molar-refractivity contribution in [1.82, 2.24) is 19.3 Å². The van der Waals surface area contributed by atoms with Crippen LogP contribution >= 0.6 is 0 Å². The summed E-state index contributed by atoms with van der Waals surface area (Å²) in [4.78, 5) is 4.79. The van der Waals surface area contributed by atoms with E-state index in [2.05, 4.69) is 119 Å². The van der Waals surface area contributed by atoms with Crippen molar-refractivity contribution < 1.29 is 25.8 Å². The van der Waals surface area contributed by atoms with Crippen molar-refractivity contribution in [2.45, 2.75) is 80.1 Å². The van der Waals surface area contributed by atoms with Crippen LogP contribution in [0.25, 0.3) is 44.4 Å². The molecule has 0 saturated carbocycles. The third kappa shape index (κ3) is 7.75. The van der Waals surface area contributed by atoms with Crippen LogP contribution in [0.5, 0.6) is 11.5 Å². The molecule has 0 aliphatic carbocycles. The monoisotopic (exact) mass is 853 g/mol. The number of hydrogen-bond acceptors (Lipinski definition) is 3. The van der Waals surface area contributed by atoms with E-state index in [0.717, 1.165) is 64.1 Å². The quantitative estimate of drug-likeness (QED) is 0.0962. The van der Waals surface area contributed by atoms with Gasteiger partial charge in [0.15, 0.2) is 0 Å². The Kier molecular flexibility index (Phi) is 11.0. The van der Waals surface area contributed by atoms with Crippen LogP contribution in [-0.4, -0.2) is 19.3 Å². The Balaban J connectivity index is 0.00000448. The maximum absolute atomic E-state index is 6.51. The Bertz CT molecular complexity index is 2280. The molecule has 3 aromatic heterocycles. The van der Waals surface area contributed by atoms with Gasteiger partial charge in [-0.1, -0.05) is 89.0 Å². The summed E-state index contributed by atoms with van der Waals surface area (Å²) in [6, 6.07) is 38.9. The van der Waals surface area contributed by atoms with Crippen molar-refractivity contribution in [3.05, 3.63) is 132 Å². The standard InChI is InChI=1S/C45H46N4O.Pt/c1-7-39-44(33-16-10-9-11-17-33)40(8-2)49(47-39)34-18-14-19-35(29-34)50-36-21-22-37-38-28-32(15-12-13-25-45(4,5)6)20-23-41(38)48(42(37)30-36)43-27-31(3)24-26-46-43;/h9-11,14,16-24,26-28H,7-8,12-13,15,25H2,1-6H3;/q-2;+2. The summed E-state index contributed by atoms with van der Waals surface area (Å²) >= 11 is 0. The van der Waals surface area contributed by atoms with Gasteiger partial charge in [-0.05, 0) is 90.4 Å². The fourth-order valence-electron chi connectivity index (χ4n) is 7.00. The second-order valence-corrected chi connectivity index (χ2v) is 14.5. The minimum Gasteiger partial charge on any atom is -0.509 e. The molecule has 0 fully saturated rings. The first kappa shape index (κ1) is 36.3. The summed E-state index contributed by atoms with van der Waals surface area (Å²) in [5, 5.41) is 7.41. The molecule has 0 amide bonds. The van der Waals surface area contributed by atoms with Crippen molar-refractivity contribution in [3.63, 3.8) is 0 Å². The molecule has 0 spiro atoms. The van der Waals surface area contributed by atoms with Crippen LogP contribution in [-0.2, 0) is 40.3 Å². The van der Waals surface area contributed by atoms with Crippen molar-refractivity contribution in [2.24, 2.45) is 5.41 Å². The molecule has 3 heterocycles. The maximum Gasteiger partial charge on any atom is 2.00 e. The topological polar surface area (TPSA) is 44.9 Å². The molecule has 0 atom stereocenters. The van der Waals surface area contributed by atoms with Gasteiger partial charge in [-0.3, -0.25) is 4.68 Å². The van der Waals surface area contributed by atoms with Crippen molar-refractivity contribution >= 4 is 21.8 Å². The van der Waals surface area contributed by atoms with Gasteiger partial charge < -0.3 is 9.30 Å². The Labute approximate surface area is 317 Å². The van der Waals surface area contributed by atoms with Crippen molar-refractivity contribution in [3.8, 4) is 34.1 Å². The Morgan fingerprint density at radius 3 is 2.33 bits per heavy atom. The predicted octanol–water partition coefficient (Wildman–Crippen LogP) is 11.6. The number of benzene rings is 4. The van der Waals surface area contributed by atoms with Gasteiger partial charge >= 0.3 is 21.1 Å². The molecule has 0 unspecified atom stereocenters. The SMILES string of the molecule is CCc1nn(-c2[c-]c(Oc3[c-]c4c(cc3)c3cc(CCCCC(C)(C)C)ccc3n4-c3cc(C)ccn3)ccc2)c(CC)c1-c1ccccc1.[Pt+2]. The molecule has 51 heavy (non-hydrogen) atoms. The molecule has 0 bridgehead atoms. The van der Waals surface area contributed by atoms with E-state index in [1.54, 1.807) is 0 Å². The summed E-state index contributed by atoms with van der Waals surface area (Å²) in [6.45, 7) is 13.4. The molecule has 0 N–H and O–H groups in total. The fraction of sp³-hybridized carbons (Fsp3) is 0.289. The van der Waals surface area contributed by atoms with Crippen LogP contribution in [0.2, 0.25) is 0 Å². The van der Waals surface area contributed by atoms with Gasteiger partial charge in [0.25, 0.3) is 0 Å². The van der Waals surface area contributed by atoms with Gasteiger partial charge in [0, 0.05) is 34.5 Å². The van der Waals surface area contributed by atoms with Gasteiger partial charge in [-0.2, -0.15) is 17.2 Å². The molecule has 4 aromatic carbocycles. The molecule has 0 radical (unpaired) electrons. The van der Waals surface area contributed by atoms with E-state index >= 15 is 0 Å². The zero-order chi connectivity index (χ0) is 34.8. The van der Waals surface area contributed by atoms with E-state index in [9.17, 15) is 0 Å². The third-order valence-corrected chi connectivity index (χ3v) is 9.47. The van der Waals surface area contributed by atoms with Crippen molar-refractivity contribution in [2.75, 3.05) is 0 Å². The van der Waals surface area contributed by atoms with Crippen LogP contribution in [0.4, 0.5) is 0 Å². The van der Waals surface area contributed by atoms with E-state index in [1.807, 2.05) is 41.2 Å². The van der Waals surface area contributed by atoms with E-state index in [1.165, 1.54) is 41.3 Å². The maximum atomic E-state index is 6.51. The van der Waals surface area contributed by atoms with E-state index in [-0.39, 0.29) is 21.1 Å².